The molecule has 1 atom stereocenters. The van der Waals surface area contributed by atoms with Crippen molar-refractivity contribution in [1.29, 1.82) is 5.26 Å². The van der Waals surface area contributed by atoms with Crippen LogP contribution in [0.15, 0.2) is 0 Å². The van der Waals surface area contributed by atoms with Crippen LogP contribution in [0, 0.1) is 17.2 Å². The Kier molecular flexibility index (Phi) is 7.87. The van der Waals surface area contributed by atoms with Crippen molar-refractivity contribution in [2.75, 3.05) is 11.5 Å². The van der Waals surface area contributed by atoms with E-state index in [9.17, 15) is 0 Å². The van der Waals surface area contributed by atoms with Crippen LogP contribution in [-0.2, 0) is 0 Å². The fourth-order valence-corrected chi connectivity index (χ4v) is 2.89. The highest BCUT2D eigenvalue weighted by Crippen LogP contribution is 2.16. The van der Waals surface area contributed by atoms with Crippen LogP contribution >= 0.6 is 11.8 Å². The van der Waals surface area contributed by atoms with Crippen molar-refractivity contribution < 1.29 is 0 Å². The van der Waals surface area contributed by atoms with Gasteiger partial charge >= 0.3 is 0 Å². The first-order valence-electron chi connectivity index (χ1n) is 6.16. The largest absolute Gasteiger partial charge is 0.297 e. The van der Waals surface area contributed by atoms with Crippen LogP contribution < -0.4 is 5.32 Å². The van der Waals surface area contributed by atoms with Crippen LogP contribution in [0.1, 0.15) is 47.5 Å². The fourth-order valence-electron chi connectivity index (χ4n) is 1.49. The summed E-state index contributed by atoms with van der Waals surface area (Å²) in [5.41, 5.74) is -0.362. The molecule has 1 N–H and O–H groups in total. The summed E-state index contributed by atoms with van der Waals surface area (Å²) in [6.07, 6.45) is 2.19. The molecule has 3 heteroatoms. The Morgan fingerprint density at radius 2 is 1.88 bits per heavy atom. The lowest BCUT2D eigenvalue weighted by Gasteiger charge is -2.25. The third kappa shape index (κ3) is 8.01. The molecule has 0 aliphatic carbocycles. The zero-order valence-corrected chi connectivity index (χ0v) is 12.2. The van der Waals surface area contributed by atoms with Crippen LogP contribution in [0.25, 0.3) is 0 Å². The van der Waals surface area contributed by atoms with Crippen LogP contribution in [0.5, 0.6) is 0 Å². The molecule has 0 bridgehead atoms. The Balaban J connectivity index is 3.75. The highest BCUT2D eigenvalue weighted by molar-refractivity contribution is 7.99. The predicted molar refractivity (Wildman–Crippen MR) is 73.7 cm³/mol. The van der Waals surface area contributed by atoms with E-state index in [1.165, 1.54) is 12.2 Å². The molecule has 1 unspecified atom stereocenters. The predicted octanol–water partition coefficient (Wildman–Crippen LogP) is 3.44. The molecule has 94 valence electrons. The highest BCUT2D eigenvalue weighted by atomic mass is 32.2. The summed E-state index contributed by atoms with van der Waals surface area (Å²) in [5.74, 6) is 3.06. The van der Waals surface area contributed by atoms with Gasteiger partial charge in [0.15, 0.2) is 0 Å². The van der Waals surface area contributed by atoms with Gasteiger partial charge in [-0.3, -0.25) is 5.32 Å². The Morgan fingerprint density at radius 3 is 2.31 bits per heavy atom. The normalized spacial score (nSPS) is 15.1. The summed E-state index contributed by atoms with van der Waals surface area (Å²) < 4.78 is 0. The molecule has 0 saturated heterocycles. The lowest BCUT2D eigenvalue weighted by molar-refractivity contribution is 0.397. The third-order valence-electron chi connectivity index (χ3n) is 2.44. The van der Waals surface area contributed by atoms with Crippen LogP contribution in [0.3, 0.4) is 0 Å². The van der Waals surface area contributed by atoms with Crippen molar-refractivity contribution >= 4 is 11.8 Å². The summed E-state index contributed by atoms with van der Waals surface area (Å²) in [5, 5.41) is 12.5. The van der Waals surface area contributed by atoms with Crippen molar-refractivity contribution in [3.63, 3.8) is 0 Å². The molecule has 0 spiro atoms. The maximum absolute atomic E-state index is 9.16. The molecular weight excluding hydrogens is 216 g/mol. The number of thioether (sulfide) groups is 1. The molecule has 0 amide bonds. The van der Waals surface area contributed by atoms with Gasteiger partial charge in [0.25, 0.3) is 0 Å². The summed E-state index contributed by atoms with van der Waals surface area (Å²) in [7, 11) is 0. The number of nitrogens with one attached hydrogen (secondary N) is 1. The van der Waals surface area contributed by atoms with Gasteiger partial charge in [-0.1, -0.05) is 13.8 Å². The minimum Gasteiger partial charge on any atom is -0.297 e. The van der Waals surface area contributed by atoms with Crippen molar-refractivity contribution in [3.8, 4) is 6.07 Å². The second-order valence-electron chi connectivity index (χ2n) is 5.29. The maximum atomic E-state index is 9.16. The Hall–Kier alpha value is -0.200. The molecule has 2 nitrogen and oxygen atoms in total. The first-order chi connectivity index (χ1) is 7.39. The Labute approximate surface area is 105 Å². The molecule has 0 aliphatic heterocycles. The van der Waals surface area contributed by atoms with Crippen molar-refractivity contribution in [3.05, 3.63) is 0 Å². The van der Waals surface area contributed by atoms with Gasteiger partial charge in [-0.15, -0.1) is 0 Å². The first kappa shape index (κ1) is 15.8. The molecule has 0 heterocycles. The van der Waals surface area contributed by atoms with Gasteiger partial charge < -0.3 is 0 Å². The van der Waals surface area contributed by atoms with Gasteiger partial charge in [0.05, 0.1) is 6.07 Å². The lowest BCUT2D eigenvalue weighted by atomic mass is 10.0. The van der Waals surface area contributed by atoms with E-state index in [4.69, 9.17) is 5.26 Å². The SMILES string of the molecule is CC(C)CCSCCC(C)(C#N)NC(C)C. The van der Waals surface area contributed by atoms with Gasteiger partial charge in [0.2, 0.25) is 0 Å². The van der Waals surface area contributed by atoms with Gasteiger partial charge in [-0.25, -0.2) is 0 Å². The number of hydrogen-bond donors (Lipinski definition) is 1. The molecule has 0 aromatic heterocycles. The van der Waals surface area contributed by atoms with Crippen LogP contribution in [0.4, 0.5) is 0 Å². The monoisotopic (exact) mass is 242 g/mol. The van der Waals surface area contributed by atoms with E-state index in [0.717, 1.165) is 18.1 Å². The van der Waals surface area contributed by atoms with Crippen LogP contribution in [-0.4, -0.2) is 23.1 Å². The first-order valence-corrected chi connectivity index (χ1v) is 7.32. The summed E-state index contributed by atoms with van der Waals surface area (Å²) in [6, 6.07) is 2.75. The number of nitriles is 1. The zero-order valence-electron chi connectivity index (χ0n) is 11.3. The van der Waals surface area contributed by atoms with E-state index in [1.807, 2.05) is 18.7 Å². The second-order valence-corrected chi connectivity index (χ2v) is 6.51. The van der Waals surface area contributed by atoms with Crippen LogP contribution in [0.2, 0.25) is 0 Å². The lowest BCUT2D eigenvalue weighted by Crippen LogP contribution is -2.45. The molecule has 0 aliphatic rings. The molecule has 0 rings (SSSR count). The van der Waals surface area contributed by atoms with Gasteiger partial charge in [-0.2, -0.15) is 17.0 Å². The fraction of sp³-hybridized carbons (Fsp3) is 0.923. The topological polar surface area (TPSA) is 35.8 Å². The molecule has 0 radical (unpaired) electrons. The quantitative estimate of drug-likeness (QED) is 0.662. The molecule has 0 aromatic rings. The van der Waals surface area contributed by atoms with E-state index < -0.39 is 0 Å². The molecule has 16 heavy (non-hydrogen) atoms. The van der Waals surface area contributed by atoms with Crippen molar-refractivity contribution in [1.82, 2.24) is 5.32 Å². The molecule has 0 aromatic carbocycles. The second kappa shape index (κ2) is 7.97. The van der Waals surface area contributed by atoms with Crippen molar-refractivity contribution in [2.45, 2.75) is 59.0 Å². The smallest absolute Gasteiger partial charge is 0.104 e. The average Bonchev–Trinajstić information content (AvgIpc) is 2.15. The number of nitrogens with zero attached hydrogens (tertiary/aromatic N) is 1. The highest BCUT2D eigenvalue weighted by Gasteiger charge is 2.23. The Morgan fingerprint density at radius 1 is 1.25 bits per heavy atom. The summed E-state index contributed by atoms with van der Waals surface area (Å²) in [6.45, 7) is 10.7. The van der Waals surface area contributed by atoms with E-state index in [0.29, 0.717) is 6.04 Å². The molecule has 0 saturated carbocycles. The standard InChI is InChI=1S/C13H26N2S/c1-11(2)6-8-16-9-7-13(5,10-14)15-12(3)4/h11-12,15H,6-9H2,1-5H3. The molecule has 0 fully saturated rings. The van der Waals surface area contributed by atoms with E-state index in [2.05, 4.69) is 39.1 Å². The number of hydrogen-bond acceptors (Lipinski definition) is 3. The number of rotatable bonds is 8. The van der Waals surface area contributed by atoms with E-state index in [-0.39, 0.29) is 5.54 Å². The molecular formula is C13H26N2S. The third-order valence-corrected chi connectivity index (χ3v) is 3.46. The summed E-state index contributed by atoms with van der Waals surface area (Å²) >= 11 is 1.96. The van der Waals surface area contributed by atoms with Gasteiger partial charge in [0.1, 0.15) is 5.54 Å². The average molecular weight is 242 g/mol. The van der Waals surface area contributed by atoms with Crippen molar-refractivity contribution in [2.24, 2.45) is 5.92 Å². The minimum absolute atomic E-state index is 0.362. The van der Waals surface area contributed by atoms with Gasteiger partial charge in [-0.05, 0) is 51.0 Å². The minimum atomic E-state index is -0.362. The zero-order chi connectivity index (χ0) is 12.6. The Bertz CT molecular complexity index is 220. The van der Waals surface area contributed by atoms with E-state index >= 15 is 0 Å². The maximum Gasteiger partial charge on any atom is 0.104 e. The van der Waals surface area contributed by atoms with E-state index in [1.54, 1.807) is 0 Å². The summed E-state index contributed by atoms with van der Waals surface area (Å²) in [4.78, 5) is 0. The van der Waals surface area contributed by atoms with Gasteiger partial charge in [0, 0.05) is 6.04 Å².